The summed E-state index contributed by atoms with van der Waals surface area (Å²) >= 11 is 0. The van der Waals surface area contributed by atoms with Crippen molar-refractivity contribution in [3.8, 4) is 0 Å². The maximum atomic E-state index is 11.1. The van der Waals surface area contributed by atoms with Crippen molar-refractivity contribution in [1.82, 2.24) is 0 Å². The average Bonchev–Trinajstić information content (AvgIpc) is 2.34. The average molecular weight is 262 g/mol. The maximum Gasteiger partial charge on any atom is 0.337 e. The second-order valence-electron chi connectivity index (χ2n) is 5.75. The van der Waals surface area contributed by atoms with Gasteiger partial charge in [0.15, 0.2) is 0 Å². The largest absolute Gasteiger partial charge is 0.478 e. The molecule has 0 aliphatic heterocycles. The molecule has 0 aromatic heterocycles. The highest BCUT2D eigenvalue weighted by Crippen LogP contribution is 2.31. The first-order valence-corrected chi connectivity index (χ1v) is 6.86. The lowest BCUT2D eigenvalue weighted by Crippen LogP contribution is -2.33. The molecule has 3 atom stereocenters. The molecule has 0 bridgehead atoms. The molecule has 19 heavy (non-hydrogen) atoms. The predicted octanol–water partition coefficient (Wildman–Crippen LogP) is 3.20. The van der Waals surface area contributed by atoms with Crippen LogP contribution in [0, 0.1) is 11.8 Å². The maximum absolute atomic E-state index is 11.1. The van der Waals surface area contributed by atoms with Gasteiger partial charge in [-0.2, -0.15) is 0 Å². The van der Waals surface area contributed by atoms with Gasteiger partial charge in [0.2, 0.25) is 0 Å². The van der Waals surface area contributed by atoms with E-state index in [1.54, 1.807) is 12.1 Å². The lowest BCUT2D eigenvalue weighted by Gasteiger charge is -2.34. The molecule has 4 nitrogen and oxygen atoms in total. The van der Waals surface area contributed by atoms with Crippen molar-refractivity contribution in [2.75, 3.05) is 11.1 Å². The van der Waals surface area contributed by atoms with Gasteiger partial charge in [-0.05, 0) is 49.3 Å². The van der Waals surface area contributed by atoms with E-state index in [-0.39, 0.29) is 5.56 Å². The van der Waals surface area contributed by atoms with Gasteiger partial charge in [-0.15, -0.1) is 0 Å². The molecule has 1 saturated carbocycles. The normalized spacial score (nSPS) is 26.9. The Hall–Kier alpha value is -1.71. The first-order chi connectivity index (χ1) is 8.97. The summed E-state index contributed by atoms with van der Waals surface area (Å²) in [6, 6.07) is 5.55. The van der Waals surface area contributed by atoms with E-state index in [4.69, 9.17) is 10.8 Å². The summed E-state index contributed by atoms with van der Waals surface area (Å²) in [6.07, 6.45) is 3.58. The summed E-state index contributed by atoms with van der Waals surface area (Å²) in [5.41, 5.74) is 6.98. The van der Waals surface area contributed by atoms with E-state index < -0.39 is 5.97 Å². The van der Waals surface area contributed by atoms with E-state index in [2.05, 4.69) is 19.2 Å². The second kappa shape index (κ2) is 5.51. The first kappa shape index (κ1) is 13.7. The number of carbonyl (C=O) groups is 1. The Balaban J connectivity index is 2.11. The fourth-order valence-electron chi connectivity index (χ4n) is 2.93. The highest BCUT2D eigenvalue weighted by atomic mass is 16.4. The zero-order valence-corrected chi connectivity index (χ0v) is 11.5. The molecule has 1 aliphatic carbocycles. The molecule has 1 aromatic rings. The zero-order valence-electron chi connectivity index (χ0n) is 11.5. The summed E-state index contributed by atoms with van der Waals surface area (Å²) in [5.74, 6) is 0.412. The van der Waals surface area contributed by atoms with Crippen molar-refractivity contribution >= 4 is 17.3 Å². The minimum absolute atomic E-state index is 0.168. The van der Waals surface area contributed by atoms with Crippen LogP contribution in [0.25, 0.3) is 0 Å². The Morgan fingerprint density at radius 3 is 2.74 bits per heavy atom. The number of rotatable bonds is 3. The topological polar surface area (TPSA) is 75.3 Å². The number of nitrogen functional groups attached to an aromatic ring is 1. The number of carboxylic acid groups (broad SMARTS) is 1. The monoisotopic (exact) mass is 262 g/mol. The summed E-state index contributed by atoms with van der Waals surface area (Å²) < 4.78 is 0. The SMILES string of the molecule is CC1CCC(Nc2ccc(N)c(C(=O)O)c2)C(C)C1. The van der Waals surface area contributed by atoms with Crippen molar-refractivity contribution in [3.63, 3.8) is 0 Å². The van der Waals surface area contributed by atoms with Gasteiger partial charge in [-0.25, -0.2) is 4.79 Å². The molecule has 1 aromatic carbocycles. The number of hydrogen-bond donors (Lipinski definition) is 3. The minimum atomic E-state index is -0.980. The molecule has 4 heteroatoms. The van der Waals surface area contributed by atoms with Gasteiger partial charge >= 0.3 is 5.97 Å². The Morgan fingerprint density at radius 2 is 2.11 bits per heavy atom. The van der Waals surface area contributed by atoms with Gasteiger partial charge < -0.3 is 16.2 Å². The van der Waals surface area contributed by atoms with E-state index >= 15 is 0 Å². The van der Waals surface area contributed by atoms with Gasteiger partial charge in [0, 0.05) is 17.4 Å². The minimum Gasteiger partial charge on any atom is -0.478 e. The molecule has 0 heterocycles. The second-order valence-corrected chi connectivity index (χ2v) is 5.75. The molecule has 0 radical (unpaired) electrons. The number of benzene rings is 1. The smallest absolute Gasteiger partial charge is 0.337 e. The Kier molecular flexibility index (Phi) is 3.98. The van der Waals surface area contributed by atoms with Crippen molar-refractivity contribution in [3.05, 3.63) is 23.8 Å². The Bertz CT molecular complexity index is 473. The number of carboxylic acids is 1. The number of nitrogens with one attached hydrogen (secondary N) is 1. The molecule has 104 valence electrons. The third-order valence-electron chi connectivity index (χ3n) is 4.07. The number of hydrogen-bond acceptors (Lipinski definition) is 3. The third-order valence-corrected chi connectivity index (χ3v) is 4.07. The number of nitrogens with two attached hydrogens (primary N) is 1. The van der Waals surface area contributed by atoms with Gasteiger partial charge in [0.1, 0.15) is 0 Å². The van der Waals surface area contributed by atoms with Gasteiger partial charge in [-0.3, -0.25) is 0 Å². The van der Waals surface area contributed by atoms with Crippen LogP contribution in [0.15, 0.2) is 18.2 Å². The van der Waals surface area contributed by atoms with Gasteiger partial charge in [0.05, 0.1) is 5.56 Å². The molecule has 4 N–H and O–H groups in total. The summed E-state index contributed by atoms with van der Waals surface area (Å²) in [6.45, 7) is 4.54. The molecule has 1 aliphatic rings. The van der Waals surface area contributed by atoms with Gasteiger partial charge in [0.25, 0.3) is 0 Å². The molecule has 1 fully saturated rings. The van der Waals surface area contributed by atoms with Crippen LogP contribution in [0.5, 0.6) is 0 Å². The van der Waals surface area contributed by atoms with Crippen LogP contribution in [0.3, 0.4) is 0 Å². The lowest BCUT2D eigenvalue weighted by molar-refractivity contribution is 0.0698. The van der Waals surface area contributed by atoms with E-state index in [1.165, 1.54) is 12.8 Å². The standard InChI is InChI=1S/C15H22N2O2/c1-9-3-6-14(10(2)7-9)17-11-4-5-13(16)12(8-11)15(18)19/h4-5,8-10,14,17H,3,6-7,16H2,1-2H3,(H,18,19). The van der Waals surface area contributed by atoms with E-state index in [0.29, 0.717) is 17.6 Å². The molecular weight excluding hydrogens is 240 g/mol. The summed E-state index contributed by atoms with van der Waals surface area (Å²) in [4.78, 5) is 11.1. The highest BCUT2D eigenvalue weighted by Gasteiger charge is 2.25. The fraction of sp³-hybridized carbons (Fsp3) is 0.533. The van der Waals surface area contributed by atoms with Crippen LogP contribution in [0.1, 0.15) is 43.5 Å². The lowest BCUT2D eigenvalue weighted by atomic mass is 9.80. The Morgan fingerprint density at radius 1 is 1.37 bits per heavy atom. The quantitative estimate of drug-likeness (QED) is 0.731. The zero-order chi connectivity index (χ0) is 14.0. The van der Waals surface area contributed by atoms with Crippen LogP contribution >= 0.6 is 0 Å². The van der Waals surface area contributed by atoms with Crippen molar-refractivity contribution < 1.29 is 9.90 Å². The molecule has 2 rings (SSSR count). The number of anilines is 2. The van der Waals surface area contributed by atoms with Crippen LogP contribution in [0.4, 0.5) is 11.4 Å². The van der Waals surface area contributed by atoms with E-state index in [9.17, 15) is 4.79 Å². The molecule has 3 unspecified atom stereocenters. The predicted molar refractivity (Wildman–Crippen MR) is 77.4 cm³/mol. The van der Waals surface area contributed by atoms with Crippen LogP contribution in [-0.4, -0.2) is 17.1 Å². The van der Waals surface area contributed by atoms with Crippen molar-refractivity contribution in [1.29, 1.82) is 0 Å². The van der Waals surface area contributed by atoms with Crippen LogP contribution < -0.4 is 11.1 Å². The number of aromatic carboxylic acids is 1. The molecule has 0 spiro atoms. The van der Waals surface area contributed by atoms with Gasteiger partial charge in [-0.1, -0.05) is 13.8 Å². The van der Waals surface area contributed by atoms with E-state index in [0.717, 1.165) is 18.0 Å². The van der Waals surface area contributed by atoms with E-state index in [1.807, 2.05) is 6.07 Å². The fourth-order valence-corrected chi connectivity index (χ4v) is 2.93. The molecular formula is C15H22N2O2. The summed E-state index contributed by atoms with van der Waals surface area (Å²) in [5, 5.41) is 12.5. The van der Waals surface area contributed by atoms with Crippen molar-refractivity contribution in [2.45, 2.75) is 39.2 Å². The highest BCUT2D eigenvalue weighted by molar-refractivity contribution is 5.94. The Labute approximate surface area is 114 Å². The molecule has 0 amide bonds. The molecule has 0 saturated heterocycles. The first-order valence-electron chi connectivity index (χ1n) is 6.86. The summed E-state index contributed by atoms with van der Waals surface area (Å²) in [7, 11) is 0. The van der Waals surface area contributed by atoms with Crippen LogP contribution in [0.2, 0.25) is 0 Å². The third kappa shape index (κ3) is 3.19. The van der Waals surface area contributed by atoms with Crippen molar-refractivity contribution in [2.24, 2.45) is 11.8 Å². The van der Waals surface area contributed by atoms with Crippen LogP contribution in [-0.2, 0) is 0 Å².